The number of likely N-dealkylation sites (tertiary alicyclic amines) is 1. The number of halogens is 1. The Kier molecular flexibility index (Phi) is 5.31. The van der Waals surface area contributed by atoms with Gasteiger partial charge in [-0.15, -0.1) is 12.4 Å². The molecule has 3 rings (SSSR count). The summed E-state index contributed by atoms with van der Waals surface area (Å²) < 4.78 is 11.2. The molecule has 1 aromatic rings. The Morgan fingerprint density at radius 2 is 2.05 bits per heavy atom. The van der Waals surface area contributed by atoms with Crippen molar-refractivity contribution >= 4 is 18.3 Å². The lowest BCUT2D eigenvalue weighted by atomic mass is 10.0. The summed E-state index contributed by atoms with van der Waals surface area (Å²) in [7, 11) is 0. The summed E-state index contributed by atoms with van der Waals surface area (Å²) in [5.74, 6) is 1.72. The van der Waals surface area contributed by atoms with Gasteiger partial charge in [0.2, 0.25) is 5.91 Å². The Morgan fingerprint density at radius 1 is 1.29 bits per heavy atom. The number of benzene rings is 1. The normalized spacial score (nSPS) is 20.0. The van der Waals surface area contributed by atoms with E-state index in [4.69, 9.17) is 15.2 Å². The monoisotopic (exact) mass is 312 g/mol. The summed E-state index contributed by atoms with van der Waals surface area (Å²) in [5, 5.41) is 0. The molecule has 1 fully saturated rings. The Balaban J connectivity index is 0.00000161. The van der Waals surface area contributed by atoms with Gasteiger partial charge in [-0.2, -0.15) is 0 Å². The van der Waals surface area contributed by atoms with Crippen molar-refractivity contribution < 1.29 is 14.3 Å². The van der Waals surface area contributed by atoms with E-state index < -0.39 is 0 Å². The van der Waals surface area contributed by atoms with E-state index in [-0.39, 0.29) is 24.4 Å². The Hall–Kier alpha value is -1.46. The van der Waals surface area contributed by atoms with E-state index in [0.29, 0.717) is 26.2 Å². The third kappa shape index (κ3) is 3.24. The van der Waals surface area contributed by atoms with Crippen LogP contribution in [0.5, 0.6) is 11.5 Å². The van der Waals surface area contributed by atoms with Crippen LogP contribution >= 0.6 is 12.4 Å². The first kappa shape index (κ1) is 15.9. The van der Waals surface area contributed by atoms with Crippen LogP contribution in [0.4, 0.5) is 0 Å². The van der Waals surface area contributed by atoms with Crippen molar-refractivity contribution in [3.8, 4) is 11.5 Å². The molecule has 5 nitrogen and oxygen atoms in total. The van der Waals surface area contributed by atoms with Gasteiger partial charge in [-0.05, 0) is 30.5 Å². The van der Waals surface area contributed by atoms with Crippen molar-refractivity contribution in [3.05, 3.63) is 23.8 Å². The van der Waals surface area contributed by atoms with Gasteiger partial charge in [0.15, 0.2) is 11.5 Å². The number of rotatable bonds is 3. The molecular weight excluding hydrogens is 292 g/mol. The molecule has 6 heteroatoms. The van der Waals surface area contributed by atoms with Gasteiger partial charge >= 0.3 is 0 Å². The van der Waals surface area contributed by atoms with Gasteiger partial charge in [-0.3, -0.25) is 4.79 Å². The molecule has 116 valence electrons. The maximum Gasteiger partial charge on any atom is 0.224 e. The number of carbonyl (C=O) groups is 1. The van der Waals surface area contributed by atoms with Crippen LogP contribution in [0, 0.1) is 0 Å². The van der Waals surface area contributed by atoms with Crippen LogP contribution in [0.15, 0.2) is 18.2 Å². The predicted octanol–water partition coefficient (Wildman–Crippen LogP) is 1.89. The highest BCUT2D eigenvalue weighted by molar-refractivity contribution is 5.85. The van der Waals surface area contributed by atoms with E-state index in [9.17, 15) is 4.79 Å². The summed E-state index contributed by atoms with van der Waals surface area (Å²) >= 11 is 0. The molecule has 0 saturated carbocycles. The number of fused-ring (bicyclic) bond motifs is 1. The molecule has 21 heavy (non-hydrogen) atoms. The minimum absolute atomic E-state index is 0. The van der Waals surface area contributed by atoms with Crippen molar-refractivity contribution in [2.24, 2.45) is 5.73 Å². The third-order valence-electron chi connectivity index (χ3n) is 3.88. The Bertz CT molecular complexity index is 510. The van der Waals surface area contributed by atoms with Crippen LogP contribution in [0.2, 0.25) is 0 Å². The van der Waals surface area contributed by atoms with Gasteiger partial charge in [0.05, 0.1) is 6.04 Å². The maximum absolute atomic E-state index is 12.1. The van der Waals surface area contributed by atoms with Crippen molar-refractivity contribution in [1.82, 2.24) is 4.90 Å². The standard InChI is InChI=1S/C15H20N2O3.ClH/c16-6-5-15(18)17-7-1-2-12(17)11-3-4-13-14(10-11)20-9-8-19-13;/h3-4,10,12H,1-2,5-9,16H2;1H. The van der Waals surface area contributed by atoms with Gasteiger partial charge < -0.3 is 20.1 Å². The molecule has 2 aliphatic heterocycles. The summed E-state index contributed by atoms with van der Waals surface area (Å²) in [6.45, 7) is 2.40. The topological polar surface area (TPSA) is 64.8 Å². The van der Waals surface area contributed by atoms with Crippen molar-refractivity contribution in [1.29, 1.82) is 0 Å². The number of carbonyl (C=O) groups excluding carboxylic acids is 1. The number of hydrogen-bond acceptors (Lipinski definition) is 4. The molecule has 0 spiro atoms. The molecular formula is C15H21ClN2O3. The van der Waals surface area contributed by atoms with Crippen LogP contribution < -0.4 is 15.2 Å². The molecule has 1 amide bonds. The SMILES string of the molecule is Cl.NCCC(=O)N1CCCC1c1ccc2c(c1)OCCO2. The minimum Gasteiger partial charge on any atom is -0.486 e. The van der Waals surface area contributed by atoms with E-state index in [1.807, 2.05) is 23.1 Å². The predicted molar refractivity (Wildman–Crippen MR) is 82.0 cm³/mol. The summed E-state index contributed by atoms with van der Waals surface area (Å²) in [5.41, 5.74) is 6.61. The fourth-order valence-electron chi connectivity index (χ4n) is 2.95. The third-order valence-corrected chi connectivity index (χ3v) is 3.88. The van der Waals surface area contributed by atoms with E-state index in [1.54, 1.807) is 0 Å². The van der Waals surface area contributed by atoms with Crippen LogP contribution in [0.1, 0.15) is 30.9 Å². The number of nitrogens with zero attached hydrogens (tertiary/aromatic N) is 1. The molecule has 0 radical (unpaired) electrons. The summed E-state index contributed by atoms with van der Waals surface area (Å²) in [4.78, 5) is 14.1. The van der Waals surface area contributed by atoms with Crippen molar-refractivity contribution in [2.45, 2.75) is 25.3 Å². The highest BCUT2D eigenvalue weighted by Gasteiger charge is 2.30. The zero-order chi connectivity index (χ0) is 13.9. The van der Waals surface area contributed by atoms with Crippen LogP contribution in [0.25, 0.3) is 0 Å². The Labute approximate surface area is 130 Å². The maximum atomic E-state index is 12.1. The second-order valence-corrected chi connectivity index (χ2v) is 5.19. The number of amides is 1. The zero-order valence-electron chi connectivity index (χ0n) is 11.9. The number of hydrogen-bond donors (Lipinski definition) is 1. The fraction of sp³-hybridized carbons (Fsp3) is 0.533. The molecule has 1 unspecified atom stereocenters. The van der Waals surface area contributed by atoms with Crippen LogP contribution in [-0.4, -0.2) is 37.1 Å². The van der Waals surface area contributed by atoms with Crippen LogP contribution in [-0.2, 0) is 4.79 Å². The van der Waals surface area contributed by atoms with Gasteiger partial charge in [0, 0.05) is 19.5 Å². The lowest BCUT2D eigenvalue weighted by molar-refractivity contribution is -0.131. The minimum atomic E-state index is 0. The molecule has 0 aromatic heterocycles. The van der Waals surface area contributed by atoms with Crippen LogP contribution in [0.3, 0.4) is 0 Å². The van der Waals surface area contributed by atoms with Gasteiger partial charge in [0.1, 0.15) is 13.2 Å². The first-order valence-electron chi connectivity index (χ1n) is 7.18. The van der Waals surface area contributed by atoms with Crippen molar-refractivity contribution in [2.75, 3.05) is 26.3 Å². The average molecular weight is 313 g/mol. The molecule has 2 heterocycles. The van der Waals surface area contributed by atoms with E-state index in [1.165, 1.54) is 0 Å². The van der Waals surface area contributed by atoms with E-state index in [0.717, 1.165) is 36.4 Å². The van der Waals surface area contributed by atoms with Crippen molar-refractivity contribution in [3.63, 3.8) is 0 Å². The first-order chi connectivity index (χ1) is 9.79. The quantitative estimate of drug-likeness (QED) is 0.925. The largest absolute Gasteiger partial charge is 0.486 e. The van der Waals surface area contributed by atoms with Gasteiger partial charge in [0.25, 0.3) is 0 Å². The van der Waals surface area contributed by atoms with Gasteiger partial charge in [-0.1, -0.05) is 6.07 Å². The molecule has 2 N–H and O–H groups in total. The smallest absolute Gasteiger partial charge is 0.224 e. The number of nitrogens with two attached hydrogens (primary N) is 1. The summed E-state index contributed by atoms with van der Waals surface area (Å²) in [6.07, 6.45) is 2.45. The fourth-order valence-corrected chi connectivity index (χ4v) is 2.95. The highest BCUT2D eigenvalue weighted by Crippen LogP contribution is 2.38. The number of ether oxygens (including phenoxy) is 2. The summed E-state index contributed by atoms with van der Waals surface area (Å²) in [6, 6.07) is 6.12. The first-order valence-corrected chi connectivity index (χ1v) is 7.18. The lowest BCUT2D eigenvalue weighted by Gasteiger charge is -2.26. The molecule has 1 aromatic carbocycles. The second kappa shape index (κ2) is 7.00. The van der Waals surface area contributed by atoms with Gasteiger partial charge in [-0.25, -0.2) is 0 Å². The second-order valence-electron chi connectivity index (χ2n) is 5.19. The molecule has 1 atom stereocenters. The van der Waals surface area contributed by atoms with E-state index in [2.05, 4.69) is 0 Å². The molecule has 0 aliphatic carbocycles. The highest BCUT2D eigenvalue weighted by atomic mass is 35.5. The zero-order valence-corrected chi connectivity index (χ0v) is 12.7. The molecule has 0 bridgehead atoms. The molecule has 2 aliphatic rings. The van der Waals surface area contributed by atoms with E-state index >= 15 is 0 Å². The Morgan fingerprint density at radius 3 is 2.81 bits per heavy atom. The average Bonchev–Trinajstić information content (AvgIpc) is 2.96. The lowest BCUT2D eigenvalue weighted by Crippen LogP contribution is -2.32. The molecule has 1 saturated heterocycles.